The summed E-state index contributed by atoms with van der Waals surface area (Å²) < 4.78 is 23.0. The minimum atomic E-state index is -0.542. The molecule has 158 valence electrons. The van der Waals surface area contributed by atoms with Crippen LogP contribution in [0.2, 0.25) is 0 Å². The molecule has 0 atom stereocenters. The zero-order valence-electron chi connectivity index (χ0n) is 17.1. The molecule has 0 fully saturated rings. The summed E-state index contributed by atoms with van der Waals surface area (Å²) >= 11 is 3.56. The number of esters is 1. The van der Waals surface area contributed by atoms with Crippen molar-refractivity contribution in [1.29, 1.82) is 0 Å². The summed E-state index contributed by atoms with van der Waals surface area (Å²) in [5, 5.41) is 0. The van der Waals surface area contributed by atoms with Gasteiger partial charge >= 0.3 is 5.97 Å². The normalized spacial score (nSPS) is 14.5. The Bertz CT molecular complexity index is 1150. The molecule has 0 aliphatic carbocycles. The lowest BCUT2D eigenvalue weighted by Crippen LogP contribution is -2.04. The van der Waals surface area contributed by atoms with E-state index in [0.717, 1.165) is 11.1 Å². The SMILES string of the molecule is CCOc1cc(/C=C2\N=C(c3ccco3)OC2=O)cc(Br)c1OCc1ccc(C)cc1. The highest BCUT2D eigenvalue weighted by atomic mass is 79.9. The van der Waals surface area contributed by atoms with Gasteiger partial charge in [-0.3, -0.25) is 0 Å². The summed E-state index contributed by atoms with van der Waals surface area (Å²) in [5.74, 6) is 1.16. The molecule has 1 aliphatic heterocycles. The van der Waals surface area contributed by atoms with Crippen molar-refractivity contribution >= 4 is 33.9 Å². The molecule has 0 unspecified atom stereocenters. The molecule has 0 spiro atoms. The molecule has 2 aromatic carbocycles. The average molecular weight is 482 g/mol. The fraction of sp³-hybridized carbons (Fsp3) is 0.167. The van der Waals surface area contributed by atoms with Crippen LogP contribution in [-0.2, 0) is 16.1 Å². The van der Waals surface area contributed by atoms with Crippen molar-refractivity contribution in [2.75, 3.05) is 6.61 Å². The number of halogens is 1. The number of hydrogen-bond acceptors (Lipinski definition) is 6. The van der Waals surface area contributed by atoms with Crippen LogP contribution >= 0.6 is 15.9 Å². The van der Waals surface area contributed by atoms with Gasteiger partial charge < -0.3 is 18.6 Å². The van der Waals surface area contributed by atoms with E-state index in [2.05, 4.69) is 20.9 Å². The smallest absolute Gasteiger partial charge is 0.363 e. The molecule has 3 aromatic rings. The maximum Gasteiger partial charge on any atom is 0.363 e. The van der Waals surface area contributed by atoms with Crippen LogP contribution in [-0.4, -0.2) is 18.5 Å². The monoisotopic (exact) mass is 481 g/mol. The largest absolute Gasteiger partial charge is 0.490 e. The Hall–Kier alpha value is -3.32. The van der Waals surface area contributed by atoms with Crippen LogP contribution < -0.4 is 9.47 Å². The van der Waals surface area contributed by atoms with Crippen LogP contribution in [0.5, 0.6) is 11.5 Å². The molecule has 0 saturated carbocycles. The van der Waals surface area contributed by atoms with Gasteiger partial charge in [-0.05, 0) is 71.2 Å². The first kappa shape index (κ1) is 20.9. The molecule has 31 heavy (non-hydrogen) atoms. The Labute approximate surface area is 188 Å². The molecule has 0 bridgehead atoms. The molecular weight excluding hydrogens is 462 g/mol. The van der Waals surface area contributed by atoms with Gasteiger partial charge in [0.25, 0.3) is 5.90 Å². The number of benzene rings is 2. The number of carbonyl (C=O) groups excluding carboxylic acids is 1. The zero-order chi connectivity index (χ0) is 21.8. The fourth-order valence-electron chi connectivity index (χ4n) is 2.99. The lowest BCUT2D eigenvalue weighted by Gasteiger charge is -2.15. The Balaban J connectivity index is 1.60. The Morgan fingerprint density at radius 2 is 1.94 bits per heavy atom. The standard InChI is InChI=1S/C24H20BrNO5/c1-3-28-21-13-17(12-19-24(27)31-23(26-19)20-5-4-10-29-20)11-18(25)22(21)30-14-16-8-6-15(2)7-9-16/h4-13H,3,14H2,1-2H3/b19-12-. The van der Waals surface area contributed by atoms with Gasteiger partial charge in [0.05, 0.1) is 17.3 Å². The van der Waals surface area contributed by atoms with Gasteiger partial charge in [-0.2, -0.15) is 0 Å². The minimum absolute atomic E-state index is 0.142. The van der Waals surface area contributed by atoms with Crippen LogP contribution in [0, 0.1) is 6.92 Å². The van der Waals surface area contributed by atoms with E-state index in [1.165, 1.54) is 11.8 Å². The molecule has 1 aromatic heterocycles. The molecule has 1 aliphatic rings. The number of hydrogen-bond donors (Lipinski definition) is 0. The Kier molecular flexibility index (Phi) is 6.23. The van der Waals surface area contributed by atoms with Crippen LogP contribution in [0.4, 0.5) is 0 Å². The number of cyclic esters (lactones) is 1. The molecular formula is C24H20BrNO5. The number of rotatable bonds is 7. The molecule has 6 nitrogen and oxygen atoms in total. The third kappa shape index (κ3) is 4.88. The highest BCUT2D eigenvalue weighted by molar-refractivity contribution is 9.10. The van der Waals surface area contributed by atoms with Crippen LogP contribution in [0.15, 0.2) is 74.4 Å². The van der Waals surface area contributed by atoms with Gasteiger partial charge in [-0.1, -0.05) is 29.8 Å². The van der Waals surface area contributed by atoms with E-state index >= 15 is 0 Å². The molecule has 4 rings (SSSR count). The number of ether oxygens (including phenoxy) is 3. The summed E-state index contributed by atoms with van der Waals surface area (Å²) in [5.41, 5.74) is 3.14. The maximum atomic E-state index is 12.2. The van der Waals surface area contributed by atoms with Crippen molar-refractivity contribution in [3.05, 3.63) is 87.4 Å². The van der Waals surface area contributed by atoms with Gasteiger partial charge in [0.1, 0.15) is 6.61 Å². The predicted molar refractivity (Wildman–Crippen MR) is 120 cm³/mol. The molecule has 7 heteroatoms. The fourth-order valence-corrected chi connectivity index (χ4v) is 3.56. The summed E-state index contributed by atoms with van der Waals surface area (Å²) in [6.07, 6.45) is 3.13. The van der Waals surface area contributed by atoms with E-state index < -0.39 is 5.97 Å². The lowest BCUT2D eigenvalue weighted by atomic mass is 10.1. The number of aliphatic imine (C=N–C) groups is 1. The summed E-state index contributed by atoms with van der Waals surface area (Å²) in [4.78, 5) is 16.5. The second kappa shape index (κ2) is 9.22. The summed E-state index contributed by atoms with van der Waals surface area (Å²) in [6.45, 7) is 4.82. The number of carbonyl (C=O) groups is 1. The van der Waals surface area contributed by atoms with E-state index in [9.17, 15) is 4.79 Å². The van der Waals surface area contributed by atoms with Crippen LogP contribution in [0.1, 0.15) is 29.4 Å². The topological polar surface area (TPSA) is 70.3 Å². The molecule has 0 saturated heterocycles. The lowest BCUT2D eigenvalue weighted by molar-refractivity contribution is -0.130. The summed E-state index contributed by atoms with van der Waals surface area (Å²) in [7, 11) is 0. The first-order chi connectivity index (χ1) is 15.0. The van der Waals surface area contributed by atoms with Crippen LogP contribution in [0.25, 0.3) is 6.08 Å². The summed E-state index contributed by atoms with van der Waals surface area (Å²) in [6, 6.07) is 15.2. The van der Waals surface area contributed by atoms with E-state index in [1.54, 1.807) is 24.3 Å². The predicted octanol–water partition coefficient (Wildman–Crippen LogP) is 5.67. The third-order valence-electron chi connectivity index (χ3n) is 4.49. The van der Waals surface area contributed by atoms with Gasteiger partial charge in [0.15, 0.2) is 23.0 Å². The first-order valence-corrected chi connectivity index (χ1v) is 10.5. The zero-order valence-corrected chi connectivity index (χ0v) is 18.6. The van der Waals surface area contributed by atoms with Crippen LogP contribution in [0.3, 0.4) is 0 Å². The van der Waals surface area contributed by atoms with Crippen molar-refractivity contribution in [3.8, 4) is 11.5 Å². The van der Waals surface area contributed by atoms with Crippen molar-refractivity contribution in [1.82, 2.24) is 0 Å². The third-order valence-corrected chi connectivity index (χ3v) is 5.08. The number of nitrogens with zero attached hydrogens (tertiary/aromatic N) is 1. The van der Waals surface area contributed by atoms with Crippen molar-refractivity contribution in [3.63, 3.8) is 0 Å². The van der Waals surface area contributed by atoms with E-state index in [-0.39, 0.29) is 11.6 Å². The average Bonchev–Trinajstić information content (AvgIpc) is 3.39. The second-order valence-electron chi connectivity index (χ2n) is 6.85. The molecule has 0 N–H and O–H groups in total. The molecule has 2 heterocycles. The van der Waals surface area contributed by atoms with Crippen molar-refractivity contribution in [2.24, 2.45) is 4.99 Å². The van der Waals surface area contributed by atoms with Gasteiger partial charge in [-0.25, -0.2) is 9.79 Å². The minimum Gasteiger partial charge on any atom is -0.490 e. The van der Waals surface area contributed by atoms with E-state index in [0.29, 0.717) is 34.9 Å². The van der Waals surface area contributed by atoms with Gasteiger partial charge in [0, 0.05) is 0 Å². The van der Waals surface area contributed by atoms with E-state index in [4.69, 9.17) is 18.6 Å². The maximum absolute atomic E-state index is 12.2. The van der Waals surface area contributed by atoms with E-state index in [1.807, 2.05) is 44.2 Å². The highest BCUT2D eigenvalue weighted by Crippen LogP contribution is 2.38. The number of furan rings is 1. The first-order valence-electron chi connectivity index (χ1n) is 9.74. The second-order valence-corrected chi connectivity index (χ2v) is 7.70. The Morgan fingerprint density at radius 3 is 2.65 bits per heavy atom. The van der Waals surface area contributed by atoms with Crippen molar-refractivity contribution in [2.45, 2.75) is 20.5 Å². The Morgan fingerprint density at radius 1 is 1.13 bits per heavy atom. The highest BCUT2D eigenvalue weighted by Gasteiger charge is 2.26. The van der Waals surface area contributed by atoms with Gasteiger partial charge in [-0.15, -0.1) is 0 Å². The molecule has 0 amide bonds. The quantitative estimate of drug-likeness (QED) is 0.321. The number of aryl methyl sites for hydroxylation is 1. The van der Waals surface area contributed by atoms with Gasteiger partial charge in [0.2, 0.25) is 0 Å². The van der Waals surface area contributed by atoms with Crippen molar-refractivity contribution < 1.29 is 23.4 Å². The molecule has 0 radical (unpaired) electrons.